The van der Waals surface area contributed by atoms with Crippen molar-refractivity contribution < 1.29 is 18.9 Å². The molecule has 0 radical (unpaired) electrons. The van der Waals surface area contributed by atoms with Crippen LogP contribution >= 0.6 is 0 Å². The standard InChI is InChI=1S/C13H16O4/c1-7-6-8-10(16-12(2,3)14-8)11-9(7)15-13(4,5)17-11/h6H,1-5H3. The highest BCUT2D eigenvalue weighted by Crippen LogP contribution is 2.56. The van der Waals surface area contributed by atoms with E-state index >= 15 is 0 Å². The molecule has 0 bridgehead atoms. The summed E-state index contributed by atoms with van der Waals surface area (Å²) in [4.78, 5) is 0. The molecule has 0 atom stereocenters. The van der Waals surface area contributed by atoms with Crippen LogP contribution in [0.15, 0.2) is 6.07 Å². The second-order valence-electron chi connectivity index (χ2n) is 5.39. The first-order chi connectivity index (χ1) is 7.77. The second kappa shape index (κ2) is 2.81. The van der Waals surface area contributed by atoms with E-state index in [0.717, 1.165) is 11.3 Å². The fourth-order valence-corrected chi connectivity index (χ4v) is 2.16. The highest BCUT2D eigenvalue weighted by molar-refractivity contribution is 5.65. The van der Waals surface area contributed by atoms with Crippen molar-refractivity contribution in [3.8, 4) is 23.0 Å². The van der Waals surface area contributed by atoms with E-state index in [1.54, 1.807) is 0 Å². The maximum absolute atomic E-state index is 5.78. The third kappa shape index (κ3) is 1.51. The molecule has 0 spiro atoms. The molecule has 0 unspecified atom stereocenters. The molecule has 0 saturated heterocycles. The van der Waals surface area contributed by atoms with Crippen molar-refractivity contribution in [2.75, 3.05) is 0 Å². The Hall–Kier alpha value is -1.58. The van der Waals surface area contributed by atoms with E-state index in [9.17, 15) is 0 Å². The normalized spacial score (nSPS) is 21.7. The maximum atomic E-state index is 5.78. The van der Waals surface area contributed by atoms with Gasteiger partial charge in [-0.15, -0.1) is 0 Å². The molecule has 2 heterocycles. The van der Waals surface area contributed by atoms with Crippen molar-refractivity contribution >= 4 is 0 Å². The smallest absolute Gasteiger partial charge is 0.246 e. The molecule has 0 fully saturated rings. The van der Waals surface area contributed by atoms with Gasteiger partial charge in [0, 0.05) is 27.7 Å². The Labute approximate surface area is 100 Å². The number of hydrogen-bond acceptors (Lipinski definition) is 4. The zero-order valence-corrected chi connectivity index (χ0v) is 10.7. The van der Waals surface area contributed by atoms with Crippen LogP contribution in [-0.4, -0.2) is 11.6 Å². The van der Waals surface area contributed by atoms with Gasteiger partial charge in [-0.2, -0.15) is 0 Å². The number of aryl methyl sites for hydroxylation is 1. The molecule has 0 aromatic heterocycles. The quantitative estimate of drug-likeness (QED) is 0.694. The predicted octanol–water partition coefficient (Wildman–Crippen LogP) is 3.01. The third-order valence-corrected chi connectivity index (χ3v) is 2.74. The Balaban J connectivity index is 2.16. The van der Waals surface area contributed by atoms with Crippen LogP contribution in [0.2, 0.25) is 0 Å². The van der Waals surface area contributed by atoms with Gasteiger partial charge in [-0.05, 0) is 18.6 Å². The number of benzene rings is 1. The van der Waals surface area contributed by atoms with E-state index in [1.807, 2.05) is 40.7 Å². The average Bonchev–Trinajstić information content (AvgIpc) is 2.62. The van der Waals surface area contributed by atoms with Gasteiger partial charge in [0.2, 0.25) is 23.1 Å². The van der Waals surface area contributed by atoms with E-state index in [4.69, 9.17) is 18.9 Å². The maximum Gasteiger partial charge on any atom is 0.246 e. The Morgan fingerprint density at radius 1 is 0.765 bits per heavy atom. The molecule has 4 heteroatoms. The fourth-order valence-electron chi connectivity index (χ4n) is 2.16. The second-order valence-corrected chi connectivity index (χ2v) is 5.39. The lowest BCUT2D eigenvalue weighted by Crippen LogP contribution is -2.31. The van der Waals surface area contributed by atoms with Gasteiger partial charge < -0.3 is 18.9 Å². The van der Waals surface area contributed by atoms with Crippen molar-refractivity contribution in [1.29, 1.82) is 0 Å². The van der Waals surface area contributed by atoms with Crippen LogP contribution in [0.5, 0.6) is 23.0 Å². The van der Waals surface area contributed by atoms with Gasteiger partial charge >= 0.3 is 0 Å². The van der Waals surface area contributed by atoms with E-state index in [-0.39, 0.29) is 0 Å². The number of hydrogen-bond donors (Lipinski definition) is 0. The molecular weight excluding hydrogens is 220 g/mol. The van der Waals surface area contributed by atoms with Crippen molar-refractivity contribution in [3.63, 3.8) is 0 Å². The SMILES string of the molecule is Cc1cc2c(c3c1OC(C)(C)O3)OC(C)(C)O2. The molecule has 17 heavy (non-hydrogen) atoms. The minimum atomic E-state index is -0.654. The molecule has 0 aliphatic carbocycles. The summed E-state index contributed by atoms with van der Waals surface area (Å²) < 4.78 is 23.0. The highest BCUT2D eigenvalue weighted by atomic mass is 16.8. The van der Waals surface area contributed by atoms with E-state index < -0.39 is 11.6 Å². The molecule has 2 aliphatic rings. The zero-order chi connectivity index (χ0) is 12.4. The van der Waals surface area contributed by atoms with Gasteiger partial charge in [-0.1, -0.05) is 0 Å². The van der Waals surface area contributed by atoms with Crippen LogP contribution in [0, 0.1) is 6.92 Å². The lowest BCUT2D eigenvalue weighted by atomic mass is 10.2. The van der Waals surface area contributed by atoms with E-state index in [0.29, 0.717) is 17.2 Å². The number of fused-ring (bicyclic) bond motifs is 3. The summed E-state index contributed by atoms with van der Waals surface area (Å²) in [5.41, 5.74) is 0.991. The summed E-state index contributed by atoms with van der Waals surface area (Å²) in [5, 5.41) is 0. The molecule has 0 saturated carbocycles. The first-order valence-corrected chi connectivity index (χ1v) is 5.71. The molecule has 3 rings (SSSR count). The van der Waals surface area contributed by atoms with Gasteiger partial charge in [0.1, 0.15) is 0 Å². The largest absolute Gasteiger partial charge is 0.449 e. The molecule has 1 aromatic carbocycles. The summed E-state index contributed by atoms with van der Waals surface area (Å²) in [7, 11) is 0. The lowest BCUT2D eigenvalue weighted by Gasteiger charge is -2.18. The monoisotopic (exact) mass is 236 g/mol. The van der Waals surface area contributed by atoms with Crippen molar-refractivity contribution in [2.24, 2.45) is 0 Å². The Bertz CT molecular complexity index is 503. The molecule has 0 amide bonds. The number of rotatable bonds is 0. The summed E-state index contributed by atoms with van der Waals surface area (Å²) in [5.74, 6) is 1.44. The van der Waals surface area contributed by atoms with Gasteiger partial charge in [0.25, 0.3) is 0 Å². The van der Waals surface area contributed by atoms with Gasteiger partial charge in [-0.3, -0.25) is 0 Å². The Kier molecular flexibility index (Phi) is 1.74. The van der Waals surface area contributed by atoms with Crippen LogP contribution in [0.4, 0.5) is 0 Å². The molecule has 1 aromatic rings. The summed E-state index contributed by atoms with van der Waals surface area (Å²) in [6.45, 7) is 9.46. The minimum Gasteiger partial charge on any atom is -0.449 e. The first kappa shape index (κ1) is 10.6. The Morgan fingerprint density at radius 3 is 2.00 bits per heavy atom. The van der Waals surface area contributed by atoms with Gasteiger partial charge in [-0.25, -0.2) is 0 Å². The predicted molar refractivity (Wildman–Crippen MR) is 61.8 cm³/mol. The van der Waals surface area contributed by atoms with Crippen LogP contribution in [0.3, 0.4) is 0 Å². The van der Waals surface area contributed by atoms with Crippen LogP contribution in [0.1, 0.15) is 33.3 Å². The molecule has 0 N–H and O–H groups in total. The molecular formula is C13H16O4. The Morgan fingerprint density at radius 2 is 1.29 bits per heavy atom. The molecule has 92 valence electrons. The average molecular weight is 236 g/mol. The zero-order valence-electron chi connectivity index (χ0n) is 10.7. The molecule has 2 aliphatic heterocycles. The lowest BCUT2D eigenvalue weighted by molar-refractivity contribution is -0.0556. The topological polar surface area (TPSA) is 36.9 Å². The van der Waals surface area contributed by atoms with Crippen molar-refractivity contribution in [3.05, 3.63) is 11.6 Å². The van der Waals surface area contributed by atoms with Gasteiger partial charge in [0.05, 0.1) is 0 Å². The van der Waals surface area contributed by atoms with Crippen molar-refractivity contribution in [1.82, 2.24) is 0 Å². The van der Waals surface area contributed by atoms with Gasteiger partial charge in [0.15, 0.2) is 11.5 Å². The summed E-state index contributed by atoms with van der Waals surface area (Å²) >= 11 is 0. The van der Waals surface area contributed by atoms with E-state index in [2.05, 4.69) is 0 Å². The molecule has 4 nitrogen and oxygen atoms in total. The fraction of sp³-hybridized carbons (Fsp3) is 0.538. The third-order valence-electron chi connectivity index (χ3n) is 2.74. The van der Waals surface area contributed by atoms with Crippen LogP contribution in [0.25, 0.3) is 0 Å². The first-order valence-electron chi connectivity index (χ1n) is 5.71. The minimum absolute atomic E-state index is 0.640. The highest BCUT2D eigenvalue weighted by Gasteiger charge is 2.42. The number of ether oxygens (including phenoxy) is 4. The summed E-state index contributed by atoms with van der Waals surface area (Å²) in [6, 6.07) is 1.92. The van der Waals surface area contributed by atoms with E-state index in [1.165, 1.54) is 0 Å². The summed E-state index contributed by atoms with van der Waals surface area (Å²) in [6.07, 6.45) is 0. The van der Waals surface area contributed by atoms with Crippen LogP contribution < -0.4 is 18.9 Å². The van der Waals surface area contributed by atoms with Crippen LogP contribution in [-0.2, 0) is 0 Å². The van der Waals surface area contributed by atoms with Crippen molar-refractivity contribution in [2.45, 2.75) is 46.2 Å².